The van der Waals surface area contributed by atoms with E-state index in [4.69, 9.17) is 11.6 Å². The molecule has 6 heteroatoms. The number of rotatable bonds is 5. The van der Waals surface area contributed by atoms with Gasteiger partial charge in [0.05, 0.1) is 0 Å². The maximum absolute atomic E-state index is 5.81. The first-order valence-corrected chi connectivity index (χ1v) is 6.22. The van der Waals surface area contributed by atoms with Crippen LogP contribution in [0.3, 0.4) is 0 Å². The fourth-order valence-electron chi connectivity index (χ4n) is 1.73. The molecule has 0 radical (unpaired) electrons. The minimum Gasteiger partial charge on any atom is -0.364 e. The zero-order chi connectivity index (χ0) is 12.3. The van der Waals surface area contributed by atoms with Crippen LogP contribution in [-0.2, 0) is 0 Å². The van der Waals surface area contributed by atoms with E-state index in [1.54, 1.807) is 12.5 Å². The van der Waals surface area contributed by atoms with Crippen molar-refractivity contribution in [2.75, 3.05) is 11.2 Å². The second-order valence-corrected chi connectivity index (χ2v) is 4.69. The maximum Gasteiger partial charge on any atom is 0.203 e. The summed E-state index contributed by atoms with van der Waals surface area (Å²) >= 11 is 5.81. The van der Waals surface area contributed by atoms with Crippen molar-refractivity contribution in [1.29, 1.82) is 0 Å². The van der Waals surface area contributed by atoms with Crippen molar-refractivity contribution in [2.24, 2.45) is 5.92 Å². The Hall–Kier alpha value is -1.36. The molecule has 0 aliphatic heterocycles. The molecule has 92 valence electrons. The van der Waals surface area contributed by atoms with Gasteiger partial charge < -0.3 is 5.32 Å². The SMILES string of the molecule is CC(C)C(CCCl)Nc1nccn2cnnc12. The second kappa shape index (κ2) is 5.31. The quantitative estimate of drug-likeness (QED) is 0.830. The largest absolute Gasteiger partial charge is 0.364 e. The summed E-state index contributed by atoms with van der Waals surface area (Å²) in [6, 6.07) is 0.294. The molecule has 0 bridgehead atoms. The van der Waals surface area contributed by atoms with Crippen LogP contribution in [-0.4, -0.2) is 31.5 Å². The van der Waals surface area contributed by atoms with Gasteiger partial charge >= 0.3 is 0 Å². The van der Waals surface area contributed by atoms with Crippen LogP contribution in [0.15, 0.2) is 18.7 Å². The van der Waals surface area contributed by atoms with Crippen molar-refractivity contribution in [2.45, 2.75) is 26.3 Å². The Morgan fingerprint density at radius 2 is 2.29 bits per heavy atom. The molecule has 0 saturated heterocycles. The highest BCUT2D eigenvalue weighted by atomic mass is 35.5. The van der Waals surface area contributed by atoms with Crippen molar-refractivity contribution >= 4 is 23.1 Å². The van der Waals surface area contributed by atoms with Gasteiger partial charge in [0, 0.05) is 24.3 Å². The van der Waals surface area contributed by atoms with Crippen LogP contribution in [0.25, 0.3) is 5.65 Å². The molecule has 0 fully saturated rings. The third kappa shape index (κ3) is 2.66. The lowest BCUT2D eigenvalue weighted by Crippen LogP contribution is -2.27. The maximum atomic E-state index is 5.81. The number of alkyl halides is 1. The Bertz CT molecular complexity index is 481. The minimum atomic E-state index is 0.294. The highest BCUT2D eigenvalue weighted by molar-refractivity contribution is 6.17. The van der Waals surface area contributed by atoms with Crippen molar-refractivity contribution in [3.05, 3.63) is 18.7 Å². The van der Waals surface area contributed by atoms with Gasteiger partial charge in [0.15, 0.2) is 5.82 Å². The first-order chi connectivity index (χ1) is 8.22. The monoisotopic (exact) mass is 253 g/mol. The van der Waals surface area contributed by atoms with E-state index in [1.165, 1.54) is 0 Å². The summed E-state index contributed by atoms with van der Waals surface area (Å²) in [5.74, 6) is 1.87. The molecule has 0 amide bonds. The van der Waals surface area contributed by atoms with Crippen LogP contribution >= 0.6 is 11.6 Å². The van der Waals surface area contributed by atoms with Gasteiger partial charge in [0.25, 0.3) is 0 Å². The highest BCUT2D eigenvalue weighted by Crippen LogP contribution is 2.16. The smallest absolute Gasteiger partial charge is 0.203 e. The number of fused-ring (bicyclic) bond motifs is 1. The van der Waals surface area contributed by atoms with Crippen molar-refractivity contribution in [3.63, 3.8) is 0 Å². The van der Waals surface area contributed by atoms with E-state index in [1.807, 2.05) is 10.6 Å². The van der Waals surface area contributed by atoms with Crippen LogP contribution in [0, 0.1) is 5.92 Å². The first kappa shape index (κ1) is 12.1. The van der Waals surface area contributed by atoms with Crippen LogP contribution in [0.2, 0.25) is 0 Å². The Morgan fingerprint density at radius 1 is 1.47 bits per heavy atom. The number of halogens is 1. The van der Waals surface area contributed by atoms with E-state index >= 15 is 0 Å². The number of hydrogen-bond donors (Lipinski definition) is 1. The van der Waals surface area contributed by atoms with Crippen LogP contribution in [0.1, 0.15) is 20.3 Å². The molecular formula is C11H16ClN5. The first-order valence-electron chi connectivity index (χ1n) is 5.69. The van der Waals surface area contributed by atoms with E-state index in [0.29, 0.717) is 17.8 Å². The van der Waals surface area contributed by atoms with Crippen molar-refractivity contribution in [3.8, 4) is 0 Å². The van der Waals surface area contributed by atoms with Gasteiger partial charge in [-0.1, -0.05) is 13.8 Å². The molecule has 2 aromatic heterocycles. The summed E-state index contributed by atoms with van der Waals surface area (Å²) in [6.07, 6.45) is 6.12. The Morgan fingerprint density at radius 3 is 3.00 bits per heavy atom. The van der Waals surface area contributed by atoms with E-state index in [-0.39, 0.29) is 0 Å². The molecule has 2 rings (SSSR count). The van der Waals surface area contributed by atoms with Gasteiger partial charge in [-0.25, -0.2) is 4.98 Å². The molecule has 0 aliphatic rings. The van der Waals surface area contributed by atoms with E-state index in [2.05, 4.69) is 34.3 Å². The number of nitrogens with one attached hydrogen (secondary N) is 1. The number of nitrogens with zero attached hydrogens (tertiary/aromatic N) is 4. The average Bonchev–Trinajstić information content (AvgIpc) is 2.77. The number of anilines is 1. The van der Waals surface area contributed by atoms with Crippen molar-refractivity contribution in [1.82, 2.24) is 19.6 Å². The summed E-state index contributed by atoms with van der Waals surface area (Å²) < 4.78 is 1.84. The molecule has 2 heterocycles. The molecule has 0 saturated carbocycles. The van der Waals surface area contributed by atoms with Gasteiger partial charge in [0.2, 0.25) is 5.65 Å². The van der Waals surface area contributed by atoms with Crippen LogP contribution < -0.4 is 5.32 Å². The fraction of sp³-hybridized carbons (Fsp3) is 0.545. The molecule has 0 aliphatic carbocycles. The van der Waals surface area contributed by atoms with E-state index in [9.17, 15) is 0 Å². The zero-order valence-electron chi connectivity index (χ0n) is 9.97. The summed E-state index contributed by atoms with van der Waals surface area (Å²) in [7, 11) is 0. The predicted molar refractivity (Wildman–Crippen MR) is 68.4 cm³/mol. The molecule has 0 aromatic carbocycles. The summed E-state index contributed by atoms with van der Waals surface area (Å²) in [5.41, 5.74) is 0.743. The van der Waals surface area contributed by atoms with E-state index in [0.717, 1.165) is 17.9 Å². The van der Waals surface area contributed by atoms with Crippen molar-refractivity contribution < 1.29 is 0 Å². The average molecular weight is 254 g/mol. The fourth-order valence-corrected chi connectivity index (χ4v) is 1.96. The third-order valence-electron chi connectivity index (χ3n) is 2.76. The summed E-state index contributed by atoms with van der Waals surface area (Å²) in [5, 5.41) is 11.3. The van der Waals surface area contributed by atoms with Gasteiger partial charge in [-0.2, -0.15) is 0 Å². The normalized spacial score (nSPS) is 13.2. The second-order valence-electron chi connectivity index (χ2n) is 4.31. The topological polar surface area (TPSA) is 55.1 Å². The highest BCUT2D eigenvalue weighted by Gasteiger charge is 2.15. The lowest BCUT2D eigenvalue weighted by atomic mass is 10.0. The lowest BCUT2D eigenvalue weighted by molar-refractivity contribution is 0.512. The Balaban J connectivity index is 2.24. The third-order valence-corrected chi connectivity index (χ3v) is 2.98. The zero-order valence-corrected chi connectivity index (χ0v) is 10.7. The molecule has 17 heavy (non-hydrogen) atoms. The molecule has 0 spiro atoms. The Kier molecular flexibility index (Phi) is 3.78. The van der Waals surface area contributed by atoms with Crippen LogP contribution in [0.4, 0.5) is 5.82 Å². The predicted octanol–water partition coefficient (Wildman–Crippen LogP) is 2.19. The lowest BCUT2D eigenvalue weighted by Gasteiger charge is -2.21. The molecule has 1 unspecified atom stereocenters. The minimum absolute atomic E-state index is 0.294. The summed E-state index contributed by atoms with van der Waals surface area (Å²) in [4.78, 5) is 4.31. The molecule has 2 aromatic rings. The van der Waals surface area contributed by atoms with Gasteiger partial charge in [-0.15, -0.1) is 21.8 Å². The molecule has 1 atom stereocenters. The van der Waals surface area contributed by atoms with Crippen LogP contribution in [0.5, 0.6) is 0 Å². The summed E-state index contributed by atoms with van der Waals surface area (Å²) in [6.45, 7) is 4.32. The van der Waals surface area contributed by atoms with E-state index < -0.39 is 0 Å². The Labute approximate surface area is 105 Å². The molecule has 1 N–H and O–H groups in total. The van der Waals surface area contributed by atoms with Gasteiger partial charge in [0.1, 0.15) is 6.33 Å². The van der Waals surface area contributed by atoms with Gasteiger partial charge in [-0.05, 0) is 12.3 Å². The van der Waals surface area contributed by atoms with Gasteiger partial charge in [-0.3, -0.25) is 4.40 Å². The molecular weight excluding hydrogens is 238 g/mol. The molecule has 5 nitrogen and oxygen atoms in total. The standard InChI is InChI=1S/C11H16ClN5/c1-8(2)9(3-4-12)15-10-11-16-14-7-17(11)6-5-13-10/h5-9H,3-4H2,1-2H3,(H,13,15). The number of hydrogen-bond acceptors (Lipinski definition) is 4. The number of aromatic nitrogens is 4.